The van der Waals surface area contributed by atoms with Gasteiger partial charge in [0, 0.05) is 39.1 Å². The average Bonchev–Trinajstić information content (AvgIpc) is 3.14. The van der Waals surface area contributed by atoms with E-state index in [2.05, 4.69) is 25.6 Å². The number of rotatable bonds is 4. The largest absolute Gasteiger partial charge is 0.421 e. The Morgan fingerprint density at radius 1 is 1.33 bits per heavy atom. The maximum absolute atomic E-state index is 14.9. The third kappa shape index (κ3) is 4.04. The predicted octanol–water partition coefficient (Wildman–Crippen LogP) is 2.00. The third-order valence-electron chi connectivity index (χ3n) is 6.24. The Morgan fingerprint density at radius 3 is 2.70 bits per heavy atom. The Hall–Kier alpha value is -2.14. The van der Waals surface area contributed by atoms with E-state index in [9.17, 15) is 17.6 Å². The molecule has 0 spiro atoms. The van der Waals surface area contributed by atoms with Gasteiger partial charge >= 0.3 is 6.18 Å². The summed E-state index contributed by atoms with van der Waals surface area (Å²) >= 11 is 0. The normalized spacial score (nSPS) is 30.9. The molecule has 4 N–H and O–H groups in total. The first-order valence-electron chi connectivity index (χ1n) is 10.2. The van der Waals surface area contributed by atoms with Crippen LogP contribution < -0.4 is 16.4 Å². The van der Waals surface area contributed by atoms with Gasteiger partial charge in [0.15, 0.2) is 0 Å². The van der Waals surface area contributed by atoms with Gasteiger partial charge in [0.05, 0.1) is 17.8 Å². The van der Waals surface area contributed by atoms with E-state index >= 15 is 0 Å². The quantitative estimate of drug-likeness (QED) is 0.638. The first-order valence-corrected chi connectivity index (χ1v) is 10.2. The summed E-state index contributed by atoms with van der Waals surface area (Å²) in [6, 6.07) is -0.433. The molecule has 0 amide bonds. The van der Waals surface area contributed by atoms with Crippen molar-refractivity contribution in [3.63, 3.8) is 0 Å². The first-order chi connectivity index (χ1) is 14.2. The Bertz CT molecular complexity index is 829. The SMILES string of the molecule is CNC1=NC(N)(c2cnn([C@@H]3CCN(CC4CCC4)C[C@H]3F)c2)NC=C1C(F)(F)F. The second-order valence-electron chi connectivity index (χ2n) is 8.31. The number of likely N-dealkylation sites (N-methyl/N-ethyl adjacent to an activating group) is 1. The Morgan fingerprint density at radius 2 is 2.10 bits per heavy atom. The zero-order valence-corrected chi connectivity index (χ0v) is 16.8. The molecule has 3 atom stereocenters. The van der Waals surface area contributed by atoms with Crippen LogP contribution in [0.5, 0.6) is 0 Å². The lowest BCUT2D eigenvalue weighted by Crippen LogP contribution is -2.52. The van der Waals surface area contributed by atoms with Crippen LogP contribution >= 0.6 is 0 Å². The number of nitrogens with zero attached hydrogens (tertiary/aromatic N) is 4. The highest BCUT2D eigenvalue weighted by atomic mass is 19.4. The summed E-state index contributed by atoms with van der Waals surface area (Å²) in [5, 5.41) is 9.20. The number of aromatic nitrogens is 2. The zero-order valence-electron chi connectivity index (χ0n) is 16.8. The smallest absolute Gasteiger partial charge is 0.373 e. The molecule has 0 bridgehead atoms. The van der Waals surface area contributed by atoms with E-state index in [-0.39, 0.29) is 5.84 Å². The number of nitrogens with two attached hydrogens (primary N) is 1. The van der Waals surface area contributed by atoms with Crippen molar-refractivity contribution in [1.29, 1.82) is 0 Å². The summed E-state index contributed by atoms with van der Waals surface area (Å²) in [5.74, 6) is -1.31. The molecule has 1 aromatic heterocycles. The van der Waals surface area contributed by atoms with Crippen molar-refractivity contribution in [2.24, 2.45) is 16.6 Å². The number of nitrogens with one attached hydrogen (secondary N) is 2. The van der Waals surface area contributed by atoms with E-state index in [4.69, 9.17) is 5.73 Å². The highest BCUT2D eigenvalue weighted by Crippen LogP contribution is 2.33. The van der Waals surface area contributed by atoms with Crippen LogP contribution in [0, 0.1) is 5.92 Å². The van der Waals surface area contributed by atoms with Crippen LogP contribution in [0.15, 0.2) is 29.2 Å². The van der Waals surface area contributed by atoms with Gasteiger partial charge in [-0.2, -0.15) is 18.3 Å². The number of amidine groups is 1. The number of hydrogen-bond acceptors (Lipinski definition) is 6. The van der Waals surface area contributed by atoms with E-state index < -0.39 is 29.7 Å². The van der Waals surface area contributed by atoms with Gasteiger partial charge in [-0.25, -0.2) is 9.38 Å². The maximum atomic E-state index is 14.9. The zero-order chi connectivity index (χ0) is 21.5. The lowest BCUT2D eigenvalue weighted by molar-refractivity contribution is -0.0872. The molecule has 1 aliphatic carbocycles. The number of aliphatic imine (C=N–C) groups is 1. The van der Waals surface area contributed by atoms with Gasteiger partial charge < -0.3 is 15.5 Å². The predicted molar refractivity (Wildman–Crippen MR) is 104 cm³/mol. The summed E-state index contributed by atoms with van der Waals surface area (Å²) < 4.78 is 55.8. The summed E-state index contributed by atoms with van der Waals surface area (Å²) in [6.07, 6.45) is 2.47. The van der Waals surface area contributed by atoms with Crippen LogP contribution in [-0.2, 0) is 5.79 Å². The topological polar surface area (TPSA) is 83.5 Å². The molecular weight excluding hydrogens is 402 g/mol. The number of alkyl halides is 4. The van der Waals surface area contributed by atoms with Crippen LogP contribution in [0.2, 0.25) is 0 Å². The van der Waals surface area contributed by atoms with Gasteiger partial charge in [0.2, 0.25) is 5.79 Å². The molecule has 7 nitrogen and oxygen atoms in total. The van der Waals surface area contributed by atoms with Crippen LogP contribution in [0.3, 0.4) is 0 Å². The highest BCUT2D eigenvalue weighted by molar-refractivity contribution is 6.00. The minimum atomic E-state index is -4.57. The molecule has 4 rings (SSSR count). The van der Waals surface area contributed by atoms with Crippen molar-refractivity contribution in [3.05, 3.63) is 29.7 Å². The van der Waals surface area contributed by atoms with E-state index in [0.717, 1.165) is 19.3 Å². The van der Waals surface area contributed by atoms with Crippen LogP contribution in [0.25, 0.3) is 0 Å². The summed E-state index contributed by atoms with van der Waals surface area (Å²) in [4.78, 5) is 6.19. The second-order valence-corrected chi connectivity index (χ2v) is 8.31. The molecule has 2 aliphatic heterocycles. The second kappa shape index (κ2) is 7.84. The van der Waals surface area contributed by atoms with Crippen LogP contribution in [0.4, 0.5) is 17.6 Å². The van der Waals surface area contributed by atoms with Crippen LogP contribution in [0.1, 0.15) is 37.3 Å². The molecule has 1 saturated heterocycles. The van der Waals surface area contributed by atoms with Gasteiger partial charge in [-0.15, -0.1) is 0 Å². The minimum absolute atomic E-state index is 0.358. The fourth-order valence-electron chi connectivity index (χ4n) is 4.25. The van der Waals surface area contributed by atoms with E-state index in [1.807, 2.05) is 0 Å². The molecule has 1 saturated carbocycles. The summed E-state index contributed by atoms with van der Waals surface area (Å²) in [7, 11) is 1.35. The first kappa shape index (κ1) is 21.1. The highest BCUT2D eigenvalue weighted by Gasteiger charge is 2.42. The average molecular weight is 429 g/mol. The molecule has 0 radical (unpaired) electrons. The lowest BCUT2D eigenvalue weighted by atomic mass is 9.84. The van der Waals surface area contributed by atoms with Crippen LogP contribution in [-0.4, -0.2) is 59.5 Å². The molecule has 30 heavy (non-hydrogen) atoms. The minimum Gasteiger partial charge on any atom is -0.373 e. The van der Waals surface area contributed by atoms with Gasteiger partial charge in [0.1, 0.15) is 17.6 Å². The molecule has 2 fully saturated rings. The van der Waals surface area contributed by atoms with Crippen molar-refractivity contribution < 1.29 is 17.6 Å². The fraction of sp³-hybridized carbons (Fsp3) is 0.684. The Labute approximate surface area is 172 Å². The molecular formula is C19H27F4N7. The summed E-state index contributed by atoms with van der Waals surface area (Å²) in [6.45, 7) is 2.10. The molecule has 3 aliphatic rings. The van der Waals surface area contributed by atoms with Crippen molar-refractivity contribution in [1.82, 2.24) is 25.3 Å². The Kier molecular flexibility index (Phi) is 5.52. The molecule has 1 unspecified atom stereocenters. The maximum Gasteiger partial charge on any atom is 0.421 e. The molecule has 1 aromatic rings. The van der Waals surface area contributed by atoms with E-state index in [0.29, 0.717) is 24.4 Å². The van der Waals surface area contributed by atoms with Crippen molar-refractivity contribution in [3.8, 4) is 0 Å². The lowest BCUT2D eigenvalue weighted by Gasteiger charge is -2.38. The number of likely N-dealkylation sites (tertiary alicyclic amines) is 1. The number of hydrogen-bond donors (Lipinski definition) is 3. The van der Waals surface area contributed by atoms with E-state index in [1.54, 1.807) is 6.20 Å². The fourth-order valence-corrected chi connectivity index (χ4v) is 4.25. The molecule has 11 heteroatoms. The van der Waals surface area contributed by atoms with Gasteiger partial charge in [0.25, 0.3) is 0 Å². The standard InChI is InChI=1S/C19H27F4N7/c1-25-17-14(18(21,22)23)8-26-19(24,28-17)13-7-27-30(10-13)16-5-6-29(11-15(16)20)9-12-3-2-4-12/h7-8,10,12,15-16,26H,2-6,9,11,24H2,1H3,(H,25,28)/t15-,16-,19?/m1/s1. The van der Waals surface area contributed by atoms with Gasteiger partial charge in [-0.3, -0.25) is 10.4 Å². The van der Waals surface area contributed by atoms with Gasteiger partial charge in [-0.1, -0.05) is 6.42 Å². The molecule has 0 aromatic carbocycles. The van der Waals surface area contributed by atoms with Gasteiger partial charge in [-0.05, 0) is 25.2 Å². The Balaban J connectivity index is 1.46. The third-order valence-corrected chi connectivity index (χ3v) is 6.24. The van der Waals surface area contributed by atoms with Crippen molar-refractivity contribution in [2.45, 2.75) is 49.9 Å². The van der Waals surface area contributed by atoms with E-state index in [1.165, 1.54) is 37.2 Å². The molecule has 166 valence electrons. The molecule has 3 heterocycles. The number of piperidine rings is 1. The summed E-state index contributed by atoms with van der Waals surface area (Å²) in [5.41, 5.74) is 5.64. The number of halogens is 4. The monoisotopic (exact) mass is 429 g/mol. The van der Waals surface area contributed by atoms with Crippen molar-refractivity contribution >= 4 is 5.84 Å². The van der Waals surface area contributed by atoms with Crippen molar-refractivity contribution in [2.75, 3.05) is 26.7 Å².